The van der Waals surface area contributed by atoms with Crippen molar-refractivity contribution in [1.82, 2.24) is 4.98 Å². The summed E-state index contributed by atoms with van der Waals surface area (Å²) in [6.07, 6.45) is 2.63. The van der Waals surface area contributed by atoms with Crippen molar-refractivity contribution in [3.8, 4) is 0 Å². The first-order chi connectivity index (χ1) is 6.33. The van der Waals surface area contributed by atoms with E-state index in [1.165, 1.54) is 22.5 Å². The molecule has 3 rings (SSSR count). The first-order valence-corrected chi connectivity index (χ1v) is 5.30. The van der Waals surface area contributed by atoms with Crippen molar-refractivity contribution in [3.05, 3.63) is 23.2 Å². The Morgan fingerprint density at radius 1 is 1.38 bits per heavy atom. The molecule has 1 fully saturated rings. The van der Waals surface area contributed by atoms with Gasteiger partial charge in [-0.05, 0) is 31.0 Å². The molecule has 66 valence electrons. The third-order valence-corrected chi connectivity index (χ3v) is 3.55. The molecule has 0 bridgehead atoms. The van der Waals surface area contributed by atoms with Crippen molar-refractivity contribution >= 4 is 27.2 Å². The van der Waals surface area contributed by atoms with Crippen LogP contribution in [0.5, 0.6) is 0 Å². The summed E-state index contributed by atoms with van der Waals surface area (Å²) in [5.41, 5.74) is 7.56. The lowest BCUT2D eigenvalue weighted by atomic mass is 10.3. The summed E-state index contributed by atoms with van der Waals surface area (Å²) < 4.78 is 1.26. The van der Waals surface area contributed by atoms with E-state index in [0.29, 0.717) is 0 Å². The highest BCUT2D eigenvalue weighted by Gasteiger charge is 2.26. The van der Waals surface area contributed by atoms with E-state index >= 15 is 0 Å². The number of hydrogen-bond donors (Lipinski definition) is 1. The second kappa shape index (κ2) is 2.45. The SMILES string of the molecule is Nc1ccc2sc(C3CC3)nc2c1. The average molecular weight is 190 g/mol. The highest BCUT2D eigenvalue weighted by molar-refractivity contribution is 7.18. The number of nitrogens with zero attached hydrogens (tertiary/aromatic N) is 1. The van der Waals surface area contributed by atoms with E-state index < -0.39 is 0 Å². The third kappa shape index (κ3) is 1.20. The Bertz CT molecular complexity index is 457. The summed E-state index contributed by atoms with van der Waals surface area (Å²) in [6, 6.07) is 5.96. The third-order valence-electron chi connectivity index (χ3n) is 2.35. The van der Waals surface area contributed by atoms with Crippen LogP contribution in [-0.4, -0.2) is 4.98 Å². The van der Waals surface area contributed by atoms with Gasteiger partial charge in [0.2, 0.25) is 0 Å². The van der Waals surface area contributed by atoms with E-state index in [1.807, 2.05) is 23.5 Å². The lowest BCUT2D eigenvalue weighted by Crippen LogP contribution is -1.82. The largest absolute Gasteiger partial charge is 0.399 e. The molecule has 1 aromatic heterocycles. The van der Waals surface area contributed by atoms with Crippen molar-refractivity contribution in [2.24, 2.45) is 0 Å². The molecule has 0 saturated heterocycles. The van der Waals surface area contributed by atoms with Gasteiger partial charge >= 0.3 is 0 Å². The van der Waals surface area contributed by atoms with E-state index in [9.17, 15) is 0 Å². The summed E-state index contributed by atoms with van der Waals surface area (Å²) >= 11 is 1.81. The number of nitrogens with two attached hydrogens (primary N) is 1. The summed E-state index contributed by atoms with van der Waals surface area (Å²) in [5, 5.41) is 1.29. The maximum atomic E-state index is 5.69. The monoisotopic (exact) mass is 190 g/mol. The van der Waals surface area contributed by atoms with Gasteiger partial charge in [-0.1, -0.05) is 0 Å². The molecule has 13 heavy (non-hydrogen) atoms. The van der Waals surface area contributed by atoms with Gasteiger partial charge < -0.3 is 5.73 Å². The van der Waals surface area contributed by atoms with Gasteiger partial charge in [-0.25, -0.2) is 4.98 Å². The van der Waals surface area contributed by atoms with Crippen LogP contribution in [0, 0.1) is 0 Å². The van der Waals surface area contributed by atoms with E-state index in [-0.39, 0.29) is 0 Å². The molecule has 1 aromatic carbocycles. The fourth-order valence-electron chi connectivity index (χ4n) is 1.47. The van der Waals surface area contributed by atoms with Crippen LogP contribution in [0.2, 0.25) is 0 Å². The Kier molecular flexibility index (Phi) is 1.38. The zero-order valence-corrected chi connectivity index (χ0v) is 7.97. The van der Waals surface area contributed by atoms with E-state index in [4.69, 9.17) is 5.73 Å². The van der Waals surface area contributed by atoms with Gasteiger partial charge in [-0.15, -0.1) is 11.3 Å². The van der Waals surface area contributed by atoms with Crippen LogP contribution in [0.25, 0.3) is 10.2 Å². The molecule has 1 aliphatic rings. The molecule has 0 amide bonds. The van der Waals surface area contributed by atoms with Gasteiger partial charge in [0, 0.05) is 11.6 Å². The van der Waals surface area contributed by atoms with Crippen molar-refractivity contribution in [2.75, 3.05) is 5.73 Å². The Morgan fingerprint density at radius 3 is 3.00 bits per heavy atom. The molecule has 3 heteroatoms. The van der Waals surface area contributed by atoms with Crippen LogP contribution in [-0.2, 0) is 0 Å². The minimum atomic E-state index is 0.749. The van der Waals surface area contributed by atoms with E-state index in [2.05, 4.69) is 11.1 Å². The molecule has 2 nitrogen and oxygen atoms in total. The number of anilines is 1. The molecule has 0 unspecified atom stereocenters. The molecule has 2 aromatic rings. The second-order valence-corrected chi connectivity index (χ2v) is 4.62. The predicted molar refractivity (Wildman–Crippen MR) is 56.0 cm³/mol. The summed E-state index contributed by atoms with van der Waals surface area (Å²) in [4.78, 5) is 4.57. The first kappa shape index (κ1) is 7.33. The number of fused-ring (bicyclic) bond motifs is 1. The van der Waals surface area contributed by atoms with Gasteiger partial charge in [0.25, 0.3) is 0 Å². The number of rotatable bonds is 1. The number of thiazole rings is 1. The Labute approximate surface area is 80.4 Å². The van der Waals surface area contributed by atoms with Crippen LogP contribution in [0.4, 0.5) is 5.69 Å². The van der Waals surface area contributed by atoms with Gasteiger partial charge in [0.1, 0.15) is 0 Å². The highest BCUT2D eigenvalue weighted by Crippen LogP contribution is 2.43. The van der Waals surface area contributed by atoms with Crippen LogP contribution in [0.1, 0.15) is 23.8 Å². The van der Waals surface area contributed by atoms with Crippen molar-refractivity contribution in [2.45, 2.75) is 18.8 Å². The Morgan fingerprint density at radius 2 is 2.23 bits per heavy atom. The van der Waals surface area contributed by atoms with Gasteiger partial charge in [-0.3, -0.25) is 0 Å². The predicted octanol–water partition coefficient (Wildman–Crippen LogP) is 2.76. The minimum Gasteiger partial charge on any atom is -0.399 e. The Hall–Kier alpha value is -1.09. The van der Waals surface area contributed by atoms with Gasteiger partial charge in [0.05, 0.1) is 15.2 Å². The Balaban J connectivity index is 2.20. The van der Waals surface area contributed by atoms with Crippen LogP contribution in [0.3, 0.4) is 0 Å². The van der Waals surface area contributed by atoms with Crippen LogP contribution in [0.15, 0.2) is 18.2 Å². The maximum Gasteiger partial charge on any atom is 0.0969 e. The van der Waals surface area contributed by atoms with E-state index in [1.54, 1.807) is 0 Å². The minimum absolute atomic E-state index is 0.749. The molecular weight excluding hydrogens is 180 g/mol. The smallest absolute Gasteiger partial charge is 0.0969 e. The second-order valence-electron chi connectivity index (χ2n) is 3.55. The molecule has 0 spiro atoms. The summed E-state index contributed by atoms with van der Waals surface area (Å²) in [6.45, 7) is 0. The van der Waals surface area contributed by atoms with Crippen molar-refractivity contribution in [3.63, 3.8) is 0 Å². The lowest BCUT2D eigenvalue weighted by molar-refractivity contribution is 1.10. The molecule has 1 heterocycles. The molecular formula is C10H10N2S. The van der Waals surface area contributed by atoms with Gasteiger partial charge in [0.15, 0.2) is 0 Å². The molecule has 0 radical (unpaired) electrons. The normalized spacial score (nSPS) is 16.6. The summed E-state index contributed by atoms with van der Waals surface area (Å²) in [7, 11) is 0. The quantitative estimate of drug-likeness (QED) is 0.702. The average Bonchev–Trinajstić information content (AvgIpc) is 2.87. The lowest BCUT2D eigenvalue weighted by Gasteiger charge is -1.89. The van der Waals surface area contributed by atoms with Crippen LogP contribution >= 0.6 is 11.3 Å². The molecule has 2 N–H and O–H groups in total. The molecule has 0 aliphatic heterocycles. The topological polar surface area (TPSA) is 38.9 Å². The molecule has 1 aliphatic carbocycles. The van der Waals surface area contributed by atoms with E-state index in [0.717, 1.165) is 17.1 Å². The first-order valence-electron chi connectivity index (χ1n) is 4.49. The summed E-state index contributed by atoms with van der Waals surface area (Å²) in [5.74, 6) is 0.749. The number of nitrogen functional groups attached to an aromatic ring is 1. The maximum absolute atomic E-state index is 5.69. The zero-order chi connectivity index (χ0) is 8.84. The number of benzene rings is 1. The molecule has 1 saturated carbocycles. The zero-order valence-electron chi connectivity index (χ0n) is 7.16. The number of hydrogen-bond acceptors (Lipinski definition) is 3. The highest BCUT2D eigenvalue weighted by atomic mass is 32.1. The fourth-order valence-corrected chi connectivity index (χ4v) is 2.58. The van der Waals surface area contributed by atoms with Crippen molar-refractivity contribution < 1.29 is 0 Å². The standard InChI is InChI=1S/C10H10N2S/c11-7-3-4-9-8(5-7)12-10(13-9)6-1-2-6/h3-6H,1-2,11H2. The molecule has 0 atom stereocenters. The van der Waals surface area contributed by atoms with Gasteiger partial charge in [-0.2, -0.15) is 0 Å². The fraction of sp³-hybridized carbons (Fsp3) is 0.300. The van der Waals surface area contributed by atoms with Crippen molar-refractivity contribution in [1.29, 1.82) is 0 Å². The van der Waals surface area contributed by atoms with Crippen LogP contribution < -0.4 is 5.73 Å². The number of aromatic nitrogens is 1.